The second kappa shape index (κ2) is 5.30. The van der Waals surface area contributed by atoms with Gasteiger partial charge in [0.15, 0.2) is 0 Å². The van der Waals surface area contributed by atoms with Crippen LogP contribution in [0.4, 0.5) is 0 Å². The van der Waals surface area contributed by atoms with E-state index in [1.165, 1.54) is 6.07 Å². The van der Waals surface area contributed by atoms with Crippen LogP contribution in [0.15, 0.2) is 41.3 Å². The Kier molecular flexibility index (Phi) is 3.87. The van der Waals surface area contributed by atoms with Crippen LogP contribution in [0.25, 0.3) is 0 Å². The fraction of sp³-hybridized carbons (Fsp3) is 0.286. The van der Waals surface area contributed by atoms with Crippen molar-refractivity contribution in [2.45, 2.75) is 31.7 Å². The molecule has 2 rings (SSSR count). The zero-order chi connectivity index (χ0) is 14.9. The van der Waals surface area contributed by atoms with Gasteiger partial charge in [-0.05, 0) is 50.6 Å². The van der Waals surface area contributed by atoms with Gasteiger partial charge in [0.25, 0.3) is 0 Å². The molecule has 0 radical (unpaired) electrons. The first-order valence-electron chi connectivity index (χ1n) is 6.33. The normalized spacial score (nSPS) is 13.2. The Balaban J connectivity index is 2.28. The van der Waals surface area contributed by atoms with Gasteiger partial charge in [-0.1, -0.05) is 12.1 Å². The Morgan fingerprint density at radius 2 is 1.75 bits per heavy atom. The Morgan fingerprint density at radius 1 is 1.15 bits per heavy atom. The maximum atomic E-state index is 11.4. The zero-order valence-electron chi connectivity index (χ0n) is 11.8. The van der Waals surface area contributed by atoms with Gasteiger partial charge < -0.3 is 5.43 Å². The third kappa shape index (κ3) is 3.02. The van der Waals surface area contributed by atoms with Crippen molar-refractivity contribution in [2.75, 3.05) is 5.43 Å². The molecule has 0 aliphatic heterocycles. The summed E-state index contributed by atoms with van der Waals surface area (Å²) in [6.07, 6.45) is 0. The van der Waals surface area contributed by atoms with E-state index in [0.717, 1.165) is 17.0 Å². The lowest BCUT2D eigenvalue weighted by Crippen LogP contribution is -2.21. The van der Waals surface area contributed by atoms with Crippen LogP contribution in [-0.4, -0.2) is 13.1 Å². The molecule has 108 valence electrons. The maximum Gasteiger partial charge on any atom is 0.238 e. The second-order valence-corrected chi connectivity index (χ2v) is 6.48. The van der Waals surface area contributed by atoms with Crippen molar-refractivity contribution < 1.29 is 8.42 Å². The molecule has 0 saturated carbocycles. The number of rotatable bonds is 4. The maximum absolute atomic E-state index is 11.4. The Bertz CT molecular complexity index is 700. The van der Waals surface area contributed by atoms with Crippen molar-refractivity contribution in [3.8, 4) is 0 Å². The molecule has 5 nitrogen and oxygen atoms in total. The molecule has 0 aliphatic carbocycles. The highest BCUT2D eigenvalue weighted by molar-refractivity contribution is 7.89. The van der Waals surface area contributed by atoms with Crippen LogP contribution in [0.2, 0.25) is 0 Å². The molecule has 0 amide bonds. The fourth-order valence-corrected chi connectivity index (χ4v) is 2.67. The van der Waals surface area contributed by atoms with Crippen molar-refractivity contribution in [3.63, 3.8) is 0 Å². The van der Waals surface area contributed by atoms with Crippen molar-refractivity contribution >= 4 is 10.0 Å². The molecule has 0 fully saturated rings. The number of nitrogens with one attached hydrogen (secondary N) is 1. The first kappa shape index (κ1) is 14.6. The number of nitrogens with two attached hydrogens (primary N) is 1. The SMILES string of the molecule is Cc1ccc(C)n1NC(C)c1cccc(S(N)(=O)=O)c1. The Morgan fingerprint density at radius 3 is 2.30 bits per heavy atom. The molecule has 1 atom stereocenters. The molecule has 3 N–H and O–H groups in total. The summed E-state index contributed by atoms with van der Waals surface area (Å²) in [6.45, 7) is 5.99. The van der Waals surface area contributed by atoms with E-state index in [-0.39, 0.29) is 10.9 Å². The predicted molar refractivity (Wildman–Crippen MR) is 79.5 cm³/mol. The summed E-state index contributed by atoms with van der Waals surface area (Å²) in [7, 11) is -3.67. The molecule has 6 heteroatoms. The quantitative estimate of drug-likeness (QED) is 0.905. The lowest BCUT2D eigenvalue weighted by atomic mass is 10.1. The number of aryl methyl sites for hydroxylation is 2. The lowest BCUT2D eigenvalue weighted by Gasteiger charge is -2.20. The molecule has 2 aromatic rings. The first-order valence-corrected chi connectivity index (χ1v) is 7.88. The lowest BCUT2D eigenvalue weighted by molar-refractivity contribution is 0.597. The van der Waals surface area contributed by atoms with E-state index in [9.17, 15) is 8.42 Å². The molecular weight excluding hydrogens is 274 g/mol. The molecule has 0 spiro atoms. The zero-order valence-corrected chi connectivity index (χ0v) is 12.6. The number of primary sulfonamides is 1. The van der Waals surface area contributed by atoms with Crippen LogP contribution in [0.3, 0.4) is 0 Å². The summed E-state index contributed by atoms with van der Waals surface area (Å²) in [5, 5.41) is 5.16. The smallest absolute Gasteiger partial charge is 0.238 e. The van der Waals surface area contributed by atoms with Gasteiger partial charge in [0.1, 0.15) is 0 Å². The van der Waals surface area contributed by atoms with E-state index in [0.29, 0.717) is 0 Å². The molecule has 0 aliphatic rings. The standard InChI is InChI=1S/C14H19N3O2S/c1-10-7-8-11(2)17(10)16-12(3)13-5-4-6-14(9-13)20(15,18)19/h4-9,12,16H,1-3H3,(H2,15,18,19). The van der Waals surface area contributed by atoms with Crippen LogP contribution in [0, 0.1) is 13.8 Å². The van der Waals surface area contributed by atoms with E-state index in [1.807, 2.05) is 43.6 Å². The van der Waals surface area contributed by atoms with Crippen molar-refractivity contribution in [3.05, 3.63) is 53.3 Å². The minimum atomic E-state index is -3.67. The van der Waals surface area contributed by atoms with Gasteiger partial charge in [-0.15, -0.1) is 0 Å². The second-order valence-electron chi connectivity index (χ2n) is 4.92. The Labute approximate surface area is 119 Å². The van der Waals surface area contributed by atoms with Gasteiger partial charge in [-0.2, -0.15) is 0 Å². The summed E-state index contributed by atoms with van der Waals surface area (Å²) >= 11 is 0. The summed E-state index contributed by atoms with van der Waals surface area (Å²) < 4.78 is 24.8. The summed E-state index contributed by atoms with van der Waals surface area (Å²) in [5.74, 6) is 0. The molecule has 1 aromatic carbocycles. The highest BCUT2D eigenvalue weighted by Crippen LogP contribution is 2.18. The molecule has 0 bridgehead atoms. The number of sulfonamides is 1. The predicted octanol–water partition coefficient (Wildman–Crippen LogP) is 2.06. The van der Waals surface area contributed by atoms with Gasteiger partial charge in [0, 0.05) is 11.4 Å². The van der Waals surface area contributed by atoms with Crippen LogP contribution in [-0.2, 0) is 10.0 Å². The molecule has 20 heavy (non-hydrogen) atoms. The third-order valence-electron chi connectivity index (χ3n) is 3.28. The fourth-order valence-electron chi connectivity index (χ4n) is 2.10. The summed E-state index contributed by atoms with van der Waals surface area (Å²) in [5.41, 5.74) is 6.39. The highest BCUT2D eigenvalue weighted by atomic mass is 32.2. The molecular formula is C14H19N3O2S. The molecule has 1 heterocycles. The van der Waals surface area contributed by atoms with Gasteiger partial charge in [0.2, 0.25) is 10.0 Å². The van der Waals surface area contributed by atoms with Crippen molar-refractivity contribution in [1.29, 1.82) is 0 Å². The largest absolute Gasteiger partial charge is 0.319 e. The van der Waals surface area contributed by atoms with Crippen LogP contribution >= 0.6 is 0 Å². The minimum Gasteiger partial charge on any atom is -0.319 e. The number of aromatic nitrogens is 1. The van der Waals surface area contributed by atoms with Gasteiger partial charge in [0.05, 0.1) is 10.9 Å². The molecule has 0 saturated heterocycles. The van der Waals surface area contributed by atoms with Crippen LogP contribution in [0.5, 0.6) is 0 Å². The van der Waals surface area contributed by atoms with Gasteiger partial charge in [-0.3, -0.25) is 4.68 Å². The first-order chi connectivity index (χ1) is 9.29. The van der Waals surface area contributed by atoms with E-state index >= 15 is 0 Å². The number of nitrogens with zero attached hydrogens (tertiary/aromatic N) is 1. The monoisotopic (exact) mass is 293 g/mol. The van der Waals surface area contributed by atoms with E-state index < -0.39 is 10.0 Å². The number of hydrogen-bond donors (Lipinski definition) is 2. The van der Waals surface area contributed by atoms with Crippen molar-refractivity contribution in [2.24, 2.45) is 5.14 Å². The van der Waals surface area contributed by atoms with Gasteiger partial charge >= 0.3 is 0 Å². The molecule has 1 aromatic heterocycles. The summed E-state index contributed by atoms with van der Waals surface area (Å²) in [6, 6.07) is 10.7. The number of hydrogen-bond acceptors (Lipinski definition) is 3. The van der Waals surface area contributed by atoms with Crippen LogP contribution in [0.1, 0.15) is 29.9 Å². The minimum absolute atomic E-state index is 0.0403. The van der Waals surface area contributed by atoms with E-state index in [4.69, 9.17) is 5.14 Å². The van der Waals surface area contributed by atoms with E-state index in [2.05, 4.69) is 5.43 Å². The third-order valence-corrected chi connectivity index (χ3v) is 4.19. The van der Waals surface area contributed by atoms with Gasteiger partial charge in [-0.25, -0.2) is 13.6 Å². The highest BCUT2D eigenvalue weighted by Gasteiger charge is 2.12. The number of benzene rings is 1. The van der Waals surface area contributed by atoms with Crippen molar-refractivity contribution in [1.82, 2.24) is 4.68 Å². The summed E-state index contributed by atoms with van der Waals surface area (Å²) in [4.78, 5) is 0.129. The Hall–Kier alpha value is -1.79. The average Bonchev–Trinajstić information content (AvgIpc) is 2.69. The van der Waals surface area contributed by atoms with Crippen LogP contribution < -0.4 is 10.6 Å². The van der Waals surface area contributed by atoms with E-state index in [1.54, 1.807) is 12.1 Å². The molecule has 1 unspecified atom stereocenters. The topological polar surface area (TPSA) is 77.1 Å². The average molecular weight is 293 g/mol.